The number of hydrogen-bond acceptors (Lipinski definition) is 4. The Labute approximate surface area is 131 Å². The first kappa shape index (κ1) is 16.2. The summed E-state index contributed by atoms with van der Waals surface area (Å²) in [5.41, 5.74) is 1.10. The van der Waals surface area contributed by atoms with E-state index in [0.29, 0.717) is 19.0 Å². The molecule has 1 unspecified atom stereocenters. The Morgan fingerprint density at radius 1 is 1.52 bits per heavy atom. The Morgan fingerprint density at radius 3 is 2.95 bits per heavy atom. The molecule has 1 aromatic carbocycles. The molecule has 1 aromatic rings. The van der Waals surface area contributed by atoms with Gasteiger partial charge in [0.25, 0.3) is 0 Å². The molecule has 1 aliphatic rings. The first-order valence-corrected chi connectivity index (χ1v) is 8.54. The van der Waals surface area contributed by atoms with Crippen LogP contribution >= 0.6 is 11.8 Å². The summed E-state index contributed by atoms with van der Waals surface area (Å²) in [5.74, 6) is 1.07. The largest absolute Gasteiger partial charge is 0.496 e. The topological polar surface area (TPSA) is 41.6 Å². The third kappa shape index (κ3) is 4.38. The van der Waals surface area contributed by atoms with Gasteiger partial charge >= 0.3 is 0 Å². The number of rotatable bonds is 6. The van der Waals surface area contributed by atoms with Gasteiger partial charge in [-0.15, -0.1) is 11.8 Å². The van der Waals surface area contributed by atoms with Gasteiger partial charge in [0.2, 0.25) is 5.91 Å². The van der Waals surface area contributed by atoms with E-state index >= 15 is 0 Å². The molecule has 21 heavy (non-hydrogen) atoms. The van der Waals surface area contributed by atoms with Crippen molar-refractivity contribution < 1.29 is 9.53 Å². The number of thioether (sulfide) groups is 1. The number of amides is 1. The second-order valence-electron chi connectivity index (χ2n) is 5.44. The quantitative estimate of drug-likeness (QED) is 0.820. The smallest absolute Gasteiger partial charge is 0.224 e. The first-order chi connectivity index (χ1) is 10.1. The van der Waals surface area contributed by atoms with Gasteiger partial charge in [-0.2, -0.15) is 0 Å². The lowest BCUT2D eigenvalue weighted by Crippen LogP contribution is -2.33. The molecule has 4 nitrogen and oxygen atoms in total. The highest BCUT2D eigenvalue weighted by atomic mass is 32.2. The number of carbonyl (C=O) groups is 1. The summed E-state index contributed by atoms with van der Waals surface area (Å²) >= 11 is 1.66. The van der Waals surface area contributed by atoms with Gasteiger partial charge in [-0.3, -0.25) is 4.79 Å². The maximum atomic E-state index is 12.2. The summed E-state index contributed by atoms with van der Waals surface area (Å²) in [4.78, 5) is 15.1. The number of methoxy groups -OCH3 is 1. The molecular formula is C16H24N2O2S. The lowest BCUT2D eigenvalue weighted by Gasteiger charge is -2.20. The first-order valence-electron chi connectivity index (χ1n) is 7.32. The minimum absolute atomic E-state index is 0.197. The van der Waals surface area contributed by atoms with Crippen LogP contribution in [0.5, 0.6) is 5.75 Å². The lowest BCUT2D eigenvalue weighted by molar-refractivity contribution is -0.130. The molecule has 1 amide bonds. The Kier molecular flexibility index (Phi) is 5.94. The van der Waals surface area contributed by atoms with Crippen LogP contribution in [0.1, 0.15) is 24.8 Å². The molecule has 0 radical (unpaired) electrons. The number of nitrogens with zero attached hydrogens (tertiary/aromatic N) is 1. The molecule has 0 aliphatic carbocycles. The van der Waals surface area contributed by atoms with Crippen LogP contribution in [0.3, 0.4) is 0 Å². The number of nitrogens with one attached hydrogen (secondary N) is 1. The summed E-state index contributed by atoms with van der Waals surface area (Å²) in [5, 5.41) is 3.37. The highest BCUT2D eigenvalue weighted by Gasteiger charge is 2.20. The van der Waals surface area contributed by atoms with E-state index in [2.05, 4.69) is 17.4 Å². The van der Waals surface area contributed by atoms with Crippen LogP contribution in [0, 0.1) is 0 Å². The zero-order chi connectivity index (χ0) is 15.2. The Hall–Kier alpha value is -1.20. The van der Waals surface area contributed by atoms with E-state index in [1.807, 2.05) is 19.4 Å². The fourth-order valence-corrected chi connectivity index (χ4v) is 3.19. The Morgan fingerprint density at radius 2 is 2.33 bits per heavy atom. The normalized spacial score (nSPS) is 17.8. The number of hydrogen-bond donors (Lipinski definition) is 1. The predicted molar refractivity (Wildman–Crippen MR) is 86.9 cm³/mol. The zero-order valence-corrected chi connectivity index (χ0v) is 13.8. The van der Waals surface area contributed by atoms with Gasteiger partial charge in [0.15, 0.2) is 0 Å². The molecule has 1 heterocycles. The van der Waals surface area contributed by atoms with Crippen LogP contribution < -0.4 is 10.1 Å². The van der Waals surface area contributed by atoms with Crippen molar-refractivity contribution in [2.75, 3.05) is 27.0 Å². The SMILES string of the molecule is COc1cc(CN(C)C(=O)CC2CCCN2)ccc1SC. The zero-order valence-electron chi connectivity index (χ0n) is 13.0. The van der Waals surface area contributed by atoms with Crippen molar-refractivity contribution in [2.45, 2.75) is 36.7 Å². The van der Waals surface area contributed by atoms with Gasteiger partial charge in [-0.05, 0) is 43.3 Å². The van der Waals surface area contributed by atoms with Crippen LogP contribution in [-0.4, -0.2) is 43.8 Å². The van der Waals surface area contributed by atoms with Crippen molar-refractivity contribution in [3.8, 4) is 5.75 Å². The standard InChI is InChI=1S/C16H24N2O2S/c1-18(16(19)10-13-5-4-8-17-13)11-12-6-7-15(21-3)14(9-12)20-2/h6-7,9,13,17H,4-5,8,10-11H2,1-3H3. The number of ether oxygens (including phenoxy) is 1. The third-order valence-corrected chi connectivity index (χ3v) is 4.65. The summed E-state index contributed by atoms with van der Waals surface area (Å²) in [6, 6.07) is 6.48. The monoisotopic (exact) mass is 308 g/mol. The van der Waals surface area contributed by atoms with E-state index in [-0.39, 0.29) is 5.91 Å². The van der Waals surface area contributed by atoms with E-state index in [1.54, 1.807) is 23.8 Å². The van der Waals surface area contributed by atoms with Crippen molar-refractivity contribution in [3.05, 3.63) is 23.8 Å². The summed E-state index contributed by atoms with van der Waals surface area (Å²) in [6.45, 7) is 1.66. The molecule has 1 fully saturated rings. The number of carbonyl (C=O) groups excluding carboxylic acids is 1. The van der Waals surface area contributed by atoms with Crippen LogP contribution in [0.4, 0.5) is 0 Å². The van der Waals surface area contributed by atoms with E-state index < -0.39 is 0 Å². The van der Waals surface area contributed by atoms with Crippen LogP contribution in [0.25, 0.3) is 0 Å². The summed E-state index contributed by atoms with van der Waals surface area (Å²) in [7, 11) is 3.55. The Bertz CT molecular complexity index is 487. The van der Waals surface area contributed by atoms with Gasteiger partial charge in [0.05, 0.1) is 7.11 Å². The molecule has 1 N–H and O–H groups in total. The maximum Gasteiger partial charge on any atom is 0.224 e. The second-order valence-corrected chi connectivity index (χ2v) is 6.28. The van der Waals surface area contributed by atoms with E-state index in [9.17, 15) is 4.79 Å². The molecule has 116 valence electrons. The van der Waals surface area contributed by atoms with Crippen LogP contribution in [0.15, 0.2) is 23.1 Å². The van der Waals surface area contributed by atoms with Crippen molar-refractivity contribution in [1.82, 2.24) is 10.2 Å². The molecule has 1 aliphatic heterocycles. The Balaban J connectivity index is 1.94. The highest BCUT2D eigenvalue weighted by molar-refractivity contribution is 7.98. The fraction of sp³-hybridized carbons (Fsp3) is 0.562. The van der Waals surface area contributed by atoms with Gasteiger partial charge in [-0.1, -0.05) is 6.07 Å². The predicted octanol–water partition coefficient (Wildman–Crippen LogP) is 2.52. The van der Waals surface area contributed by atoms with Gasteiger partial charge in [0.1, 0.15) is 5.75 Å². The van der Waals surface area contributed by atoms with Crippen molar-refractivity contribution >= 4 is 17.7 Å². The average molecular weight is 308 g/mol. The molecule has 5 heteroatoms. The second kappa shape index (κ2) is 7.71. The van der Waals surface area contributed by atoms with Crippen molar-refractivity contribution in [2.24, 2.45) is 0 Å². The molecule has 2 rings (SSSR count). The summed E-state index contributed by atoms with van der Waals surface area (Å²) < 4.78 is 5.39. The van der Waals surface area contributed by atoms with Crippen LogP contribution in [0.2, 0.25) is 0 Å². The minimum atomic E-state index is 0.197. The third-order valence-electron chi connectivity index (χ3n) is 3.88. The van der Waals surface area contributed by atoms with Crippen molar-refractivity contribution in [3.63, 3.8) is 0 Å². The van der Waals surface area contributed by atoms with E-state index in [0.717, 1.165) is 29.2 Å². The van der Waals surface area contributed by atoms with E-state index in [4.69, 9.17) is 4.74 Å². The maximum absolute atomic E-state index is 12.2. The van der Waals surface area contributed by atoms with Gasteiger partial charge in [0, 0.05) is 31.0 Å². The highest BCUT2D eigenvalue weighted by Crippen LogP contribution is 2.28. The minimum Gasteiger partial charge on any atom is -0.496 e. The van der Waals surface area contributed by atoms with E-state index in [1.165, 1.54) is 6.42 Å². The fourth-order valence-electron chi connectivity index (χ4n) is 2.64. The molecule has 0 saturated carbocycles. The molecule has 1 saturated heterocycles. The van der Waals surface area contributed by atoms with Gasteiger partial charge < -0.3 is 15.0 Å². The van der Waals surface area contributed by atoms with Crippen molar-refractivity contribution in [1.29, 1.82) is 0 Å². The molecular weight excluding hydrogens is 284 g/mol. The van der Waals surface area contributed by atoms with Gasteiger partial charge in [-0.25, -0.2) is 0 Å². The van der Waals surface area contributed by atoms with Crippen LogP contribution in [-0.2, 0) is 11.3 Å². The molecule has 0 spiro atoms. The lowest BCUT2D eigenvalue weighted by atomic mass is 10.1. The average Bonchev–Trinajstić information content (AvgIpc) is 2.99. The summed E-state index contributed by atoms with van der Waals surface area (Å²) in [6.07, 6.45) is 4.91. The molecule has 0 aromatic heterocycles. The molecule has 0 bridgehead atoms. The molecule has 1 atom stereocenters. The number of benzene rings is 1.